The highest BCUT2D eigenvalue weighted by Crippen LogP contribution is 2.32. The van der Waals surface area contributed by atoms with Crippen LogP contribution in [0, 0.1) is 0 Å². The van der Waals surface area contributed by atoms with Crippen molar-refractivity contribution in [2.45, 2.75) is 19.1 Å². The number of anilines is 3. The van der Waals surface area contributed by atoms with Gasteiger partial charge in [-0.15, -0.1) is 0 Å². The van der Waals surface area contributed by atoms with E-state index in [9.17, 15) is 14.4 Å². The minimum atomic E-state index is -0.760. The molecule has 3 aromatic carbocycles. The molecule has 1 aliphatic heterocycles. The summed E-state index contributed by atoms with van der Waals surface area (Å²) in [4.78, 5) is 42.4. The second-order valence-electron chi connectivity index (χ2n) is 8.98. The molecule has 194 valence electrons. The van der Waals surface area contributed by atoms with Crippen LogP contribution in [0.3, 0.4) is 0 Å². The van der Waals surface area contributed by atoms with Crippen LogP contribution in [0.15, 0.2) is 66.7 Å². The fourth-order valence-corrected chi connectivity index (χ4v) is 5.30. The van der Waals surface area contributed by atoms with E-state index in [1.807, 2.05) is 54.6 Å². The maximum atomic E-state index is 12.9. The van der Waals surface area contributed by atoms with E-state index in [-0.39, 0.29) is 22.7 Å². The van der Waals surface area contributed by atoms with Gasteiger partial charge in [-0.1, -0.05) is 53.8 Å². The molecule has 0 radical (unpaired) electrons. The van der Waals surface area contributed by atoms with Gasteiger partial charge in [0, 0.05) is 30.9 Å². The number of fused-ring (bicyclic) bond motifs is 1. The summed E-state index contributed by atoms with van der Waals surface area (Å²) in [6, 6.07) is 21.0. The average molecular weight is 531 g/mol. The number of nitrogens with zero attached hydrogens (tertiary/aromatic N) is 2. The van der Waals surface area contributed by atoms with Crippen LogP contribution in [0.4, 0.5) is 20.6 Å². The summed E-state index contributed by atoms with van der Waals surface area (Å²) in [7, 11) is 0. The predicted octanol–water partition coefficient (Wildman–Crippen LogP) is 4.06. The van der Waals surface area contributed by atoms with E-state index >= 15 is 0 Å². The Balaban J connectivity index is 1.24. The monoisotopic (exact) mass is 530 g/mol. The quantitative estimate of drug-likeness (QED) is 0.268. The number of rotatable bonds is 8. The van der Waals surface area contributed by atoms with Crippen LogP contribution in [0.2, 0.25) is 0 Å². The van der Waals surface area contributed by atoms with Gasteiger partial charge >= 0.3 is 6.09 Å². The molecule has 1 saturated heterocycles. The van der Waals surface area contributed by atoms with E-state index < -0.39 is 12.0 Å². The first-order chi connectivity index (χ1) is 18.3. The lowest BCUT2D eigenvalue weighted by molar-refractivity contribution is 0.0996. The number of ether oxygens (including phenoxy) is 1. The Morgan fingerprint density at radius 3 is 2.53 bits per heavy atom. The smallest absolute Gasteiger partial charge is 0.404 e. The van der Waals surface area contributed by atoms with Gasteiger partial charge in [-0.3, -0.25) is 14.5 Å². The number of nitrogens with one attached hydrogen (secondary N) is 2. The first-order valence-electron chi connectivity index (χ1n) is 12.0. The normalized spacial score (nSPS) is 15.3. The zero-order valence-electron chi connectivity index (χ0n) is 20.3. The molecular formula is C27H26N6O4S. The summed E-state index contributed by atoms with van der Waals surface area (Å²) in [5.41, 5.74) is 12.9. The maximum Gasteiger partial charge on any atom is 0.404 e. The van der Waals surface area contributed by atoms with Crippen LogP contribution >= 0.6 is 11.3 Å². The first-order valence-corrected chi connectivity index (χ1v) is 12.8. The fraction of sp³-hybridized carbons (Fsp3) is 0.185. The van der Waals surface area contributed by atoms with Gasteiger partial charge < -0.3 is 26.8 Å². The molecule has 1 atom stereocenters. The second kappa shape index (κ2) is 10.9. The van der Waals surface area contributed by atoms with Crippen molar-refractivity contribution in [2.24, 2.45) is 11.5 Å². The van der Waals surface area contributed by atoms with Gasteiger partial charge in [0.25, 0.3) is 11.8 Å². The third-order valence-electron chi connectivity index (χ3n) is 6.22. The van der Waals surface area contributed by atoms with Gasteiger partial charge in [0.2, 0.25) is 0 Å². The molecule has 0 aliphatic carbocycles. The number of hydrogen-bond donors (Lipinski definition) is 4. The molecule has 1 aromatic heterocycles. The van der Waals surface area contributed by atoms with Gasteiger partial charge in [-0.2, -0.15) is 0 Å². The Bertz CT molecular complexity index is 1500. The zero-order chi connectivity index (χ0) is 26.6. The molecule has 0 bridgehead atoms. The number of amides is 3. The van der Waals surface area contributed by atoms with Gasteiger partial charge in [-0.05, 0) is 47.0 Å². The molecule has 38 heavy (non-hydrogen) atoms. The van der Waals surface area contributed by atoms with Crippen molar-refractivity contribution in [1.82, 2.24) is 9.88 Å². The number of primary amides is 2. The summed E-state index contributed by atoms with van der Waals surface area (Å²) in [6.07, 6.45) is -0.223. The van der Waals surface area contributed by atoms with Crippen molar-refractivity contribution in [1.29, 1.82) is 0 Å². The van der Waals surface area contributed by atoms with Crippen molar-refractivity contribution < 1.29 is 19.1 Å². The Morgan fingerprint density at radius 1 is 1.03 bits per heavy atom. The highest BCUT2D eigenvalue weighted by molar-refractivity contribution is 7.20. The molecular weight excluding hydrogens is 504 g/mol. The van der Waals surface area contributed by atoms with Crippen molar-refractivity contribution in [3.63, 3.8) is 0 Å². The number of thiazole rings is 1. The molecule has 10 nitrogen and oxygen atoms in total. The Morgan fingerprint density at radius 2 is 1.79 bits per heavy atom. The van der Waals surface area contributed by atoms with Crippen LogP contribution in [0.5, 0.6) is 0 Å². The summed E-state index contributed by atoms with van der Waals surface area (Å²) in [5, 5.41) is 8.83. The predicted molar refractivity (Wildman–Crippen MR) is 147 cm³/mol. The van der Waals surface area contributed by atoms with Crippen molar-refractivity contribution >= 4 is 55.8 Å². The van der Waals surface area contributed by atoms with Gasteiger partial charge in [0.15, 0.2) is 10.8 Å². The van der Waals surface area contributed by atoms with Gasteiger partial charge in [-0.25, -0.2) is 9.78 Å². The highest BCUT2D eigenvalue weighted by atomic mass is 32.1. The standard InChI is InChI=1S/C27H26N6O4S/c28-23(34)22-25(38-27(31-22)30-20-10-9-17-3-1-2-4-19(17)13-20)32-24(35)18-7-5-16(6-8-18)14-33-12-11-21(15-33)37-26(29)36/h1-10,13,21H,11-12,14-15H2,(H2,28,34)(H2,29,36)(H,30,31)(H,32,35). The Hall–Kier alpha value is -4.48. The number of carbonyl (C=O) groups is 3. The Labute approximate surface area is 222 Å². The van der Waals surface area contributed by atoms with Crippen LogP contribution < -0.4 is 22.1 Å². The van der Waals surface area contributed by atoms with Crippen molar-refractivity contribution in [3.8, 4) is 0 Å². The summed E-state index contributed by atoms with van der Waals surface area (Å²) in [5.74, 6) is -1.11. The lowest BCUT2D eigenvalue weighted by Crippen LogP contribution is -2.26. The molecule has 4 aromatic rings. The molecule has 11 heteroatoms. The largest absolute Gasteiger partial charge is 0.445 e. The number of aromatic nitrogens is 1. The SMILES string of the molecule is NC(=O)OC1CCN(Cc2ccc(C(=O)Nc3sc(Nc4ccc5ccccc5c4)nc3C(N)=O)cc2)C1. The minimum absolute atomic E-state index is 0.00923. The van der Waals surface area contributed by atoms with Crippen LogP contribution in [0.25, 0.3) is 10.8 Å². The molecule has 1 unspecified atom stereocenters. The molecule has 1 fully saturated rings. The molecule has 1 aliphatic rings. The van der Waals surface area contributed by atoms with E-state index in [4.69, 9.17) is 16.2 Å². The first kappa shape index (κ1) is 25.2. The van der Waals surface area contributed by atoms with Crippen molar-refractivity contribution in [3.05, 3.63) is 83.6 Å². The molecule has 6 N–H and O–H groups in total. The van der Waals surface area contributed by atoms with Gasteiger partial charge in [0.05, 0.1) is 0 Å². The second-order valence-corrected chi connectivity index (χ2v) is 9.98. The van der Waals surface area contributed by atoms with E-state index in [1.54, 1.807) is 12.1 Å². The fourth-order valence-electron chi connectivity index (χ4n) is 4.41. The van der Waals surface area contributed by atoms with Crippen LogP contribution in [-0.2, 0) is 11.3 Å². The van der Waals surface area contributed by atoms with Crippen LogP contribution in [-0.4, -0.2) is 47.0 Å². The minimum Gasteiger partial charge on any atom is -0.445 e. The van der Waals surface area contributed by atoms with Gasteiger partial charge in [0.1, 0.15) is 11.1 Å². The highest BCUT2D eigenvalue weighted by Gasteiger charge is 2.25. The topological polar surface area (TPSA) is 153 Å². The third-order valence-corrected chi connectivity index (χ3v) is 7.11. The van der Waals surface area contributed by atoms with Crippen molar-refractivity contribution in [2.75, 3.05) is 23.7 Å². The van der Waals surface area contributed by atoms with E-state index in [1.165, 1.54) is 0 Å². The third kappa shape index (κ3) is 5.90. The number of likely N-dealkylation sites (tertiary alicyclic amines) is 1. The summed E-state index contributed by atoms with van der Waals surface area (Å²) >= 11 is 1.13. The number of carbonyl (C=O) groups excluding carboxylic acids is 3. The zero-order valence-corrected chi connectivity index (χ0v) is 21.2. The van der Waals surface area contributed by atoms with E-state index in [2.05, 4.69) is 20.5 Å². The van der Waals surface area contributed by atoms with Crippen LogP contribution in [0.1, 0.15) is 32.8 Å². The summed E-state index contributed by atoms with van der Waals surface area (Å²) in [6.45, 7) is 2.06. The molecule has 2 heterocycles. The Kier molecular flexibility index (Phi) is 7.20. The molecule has 5 rings (SSSR count). The number of nitrogens with two attached hydrogens (primary N) is 2. The maximum absolute atomic E-state index is 12.9. The lowest BCUT2D eigenvalue weighted by atomic mass is 10.1. The molecule has 0 spiro atoms. The number of benzene rings is 3. The molecule has 3 amide bonds. The van der Waals surface area contributed by atoms with E-state index in [0.717, 1.165) is 46.3 Å². The lowest BCUT2D eigenvalue weighted by Gasteiger charge is -2.16. The average Bonchev–Trinajstić information content (AvgIpc) is 3.50. The van der Waals surface area contributed by atoms with E-state index in [0.29, 0.717) is 23.8 Å². The summed E-state index contributed by atoms with van der Waals surface area (Å²) < 4.78 is 5.07. The molecule has 0 saturated carbocycles. The number of hydrogen-bond acceptors (Lipinski definition) is 8.